The Kier molecular flexibility index (Phi) is 4.02. The van der Waals surface area contributed by atoms with E-state index in [0.29, 0.717) is 24.5 Å². The van der Waals surface area contributed by atoms with Crippen molar-refractivity contribution < 1.29 is 4.79 Å². The maximum Gasteiger partial charge on any atom is 0.343 e. The van der Waals surface area contributed by atoms with E-state index >= 15 is 0 Å². The molecule has 0 aliphatic carbocycles. The number of H-pyrrole nitrogens is 1. The highest BCUT2D eigenvalue weighted by molar-refractivity contribution is 5.94. The smallest absolute Gasteiger partial charge is 0.339 e. The fourth-order valence-corrected chi connectivity index (χ4v) is 2.00. The molecule has 0 saturated carbocycles. The summed E-state index contributed by atoms with van der Waals surface area (Å²) in [5, 5.41) is 4.08. The summed E-state index contributed by atoms with van der Waals surface area (Å²) in [6, 6.07) is 7.08. The van der Waals surface area contributed by atoms with Gasteiger partial charge in [-0.1, -0.05) is 12.1 Å². The first kappa shape index (κ1) is 14.0. The topological polar surface area (TPSA) is 71.0 Å². The second-order valence-corrected chi connectivity index (χ2v) is 4.46. The van der Waals surface area contributed by atoms with Crippen molar-refractivity contribution >= 4 is 5.91 Å². The molecule has 2 rings (SSSR count). The number of hydrogen-bond donors (Lipinski definition) is 1. The lowest BCUT2D eigenvalue weighted by molar-refractivity contribution is 0.0773. The van der Waals surface area contributed by atoms with Crippen molar-refractivity contribution in [3.8, 4) is 11.4 Å². The number of rotatable bonds is 4. The summed E-state index contributed by atoms with van der Waals surface area (Å²) < 4.78 is 1.24. The van der Waals surface area contributed by atoms with Gasteiger partial charge in [0.05, 0.1) is 0 Å². The first-order valence-electron chi connectivity index (χ1n) is 6.59. The van der Waals surface area contributed by atoms with Gasteiger partial charge in [0.2, 0.25) is 0 Å². The van der Waals surface area contributed by atoms with Crippen LogP contribution < -0.4 is 5.69 Å². The fourth-order valence-electron chi connectivity index (χ4n) is 2.00. The molecule has 20 heavy (non-hydrogen) atoms. The molecule has 0 radical (unpaired) electrons. The van der Waals surface area contributed by atoms with Crippen molar-refractivity contribution in [3.63, 3.8) is 0 Å². The van der Waals surface area contributed by atoms with Crippen LogP contribution in [-0.4, -0.2) is 38.7 Å². The molecule has 1 N–H and O–H groups in total. The summed E-state index contributed by atoms with van der Waals surface area (Å²) in [4.78, 5) is 27.9. The van der Waals surface area contributed by atoms with Gasteiger partial charge in [-0.15, -0.1) is 0 Å². The highest BCUT2D eigenvalue weighted by atomic mass is 16.2. The molecule has 0 atom stereocenters. The van der Waals surface area contributed by atoms with Crippen molar-refractivity contribution in [1.29, 1.82) is 0 Å². The third-order valence-corrected chi connectivity index (χ3v) is 3.23. The van der Waals surface area contributed by atoms with Gasteiger partial charge < -0.3 is 4.90 Å². The van der Waals surface area contributed by atoms with Crippen LogP contribution in [0.1, 0.15) is 24.2 Å². The summed E-state index contributed by atoms with van der Waals surface area (Å²) in [7, 11) is 1.58. The molecule has 0 aliphatic heterocycles. The largest absolute Gasteiger partial charge is 0.343 e. The molecule has 106 valence electrons. The van der Waals surface area contributed by atoms with E-state index in [1.54, 1.807) is 36.2 Å². The molecule has 2 aromatic rings. The predicted molar refractivity (Wildman–Crippen MR) is 76.5 cm³/mol. The molecule has 0 aliphatic rings. The summed E-state index contributed by atoms with van der Waals surface area (Å²) in [6.45, 7) is 5.28. The van der Waals surface area contributed by atoms with Gasteiger partial charge in [-0.2, -0.15) is 5.10 Å². The van der Waals surface area contributed by atoms with Crippen LogP contribution in [0.5, 0.6) is 0 Å². The van der Waals surface area contributed by atoms with Gasteiger partial charge in [0.1, 0.15) is 0 Å². The Labute approximate surface area is 117 Å². The van der Waals surface area contributed by atoms with E-state index < -0.39 is 0 Å². The monoisotopic (exact) mass is 274 g/mol. The predicted octanol–water partition coefficient (Wildman–Crippen LogP) is 1.26. The molecule has 1 amide bonds. The summed E-state index contributed by atoms with van der Waals surface area (Å²) in [5.41, 5.74) is 1.15. The van der Waals surface area contributed by atoms with Crippen molar-refractivity contribution in [2.45, 2.75) is 13.8 Å². The van der Waals surface area contributed by atoms with Gasteiger partial charge in [-0.3, -0.25) is 9.78 Å². The van der Waals surface area contributed by atoms with E-state index in [0.717, 1.165) is 5.56 Å². The van der Waals surface area contributed by atoms with E-state index in [4.69, 9.17) is 0 Å². The summed E-state index contributed by atoms with van der Waals surface area (Å²) >= 11 is 0. The second kappa shape index (κ2) is 5.73. The van der Waals surface area contributed by atoms with Crippen LogP contribution in [0.2, 0.25) is 0 Å². The highest BCUT2D eigenvalue weighted by Gasteiger charge is 2.12. The van der Waals surface area contributed by atoms with Crippen LogP contribution in [0, 0.1) is 0 Å². The molecular weight excluding hydrogens is 256 g/mol. The van der Waals surface area contributed by atoms with Gasteiger partial charge in [-0.25, -0.2) is 9.48 Å². The van der Waals surface area contributed by atoms with Gasteiger partial charge in [-0.05, 0) is 26.0 Å². The molecular formula is C14H18N4O2. The maximum absolute atomic E-state index is 12.2. The standard InChI is InChI=1S/C14H18N4O2/c1-4-18(5-2)13(19)11-8-6-10(7-9-11)12-15-14(20)17(3)16-12/h6-9H,4-5H2,1-3H3,(H,15,16,20). The lowest BCUT2D eigenvalue weighted by Crippen LogP contribution is -2.30. The number of benzene rings is 1. The van der Waals surface area contributed by atoms with Crippen molar-refractivity contribution in [2.24, 2.45) is 7.05 Å². The molecule has 1 aromatic carbocycles. The fraction of sp³-hybridized carbons (Fsp3) is 0.357. The van der Waals surface area contributed by atoms with E-state index in [1.807, 2.05) is 13.8 Å². The number of carbonyl (C=O) groups excluding carboxylic acids is 1. The Bertz CT molecular complexity index is 651. The molecule has 0 saturated heterocycles. The average molecular weight is 274 g/mol. The van der Waals surface area contributed by atoms with Crippen LogP contribution in [0.3, 0.4) is 0 Å². The number of nitrogens with one attached hydrogen (secondary N) is 1. The van der Waals surface area contributed by atoms with Crippen molar-refractivity contribution in [2.75, 3.05) is 13.1 Å². The van der Waals surface area contributed by atoms with Gasteiger partial charge >= 0.3 is 5.69 Å². The molecule has 0 bridgehead atoms. The van der Waals surface area contributed by atoms with Gasteiger partial charge in [0, 0.05) is 31.3 Å². The average Bonchev–Trinajstić information content (AvgIpc) is 2.80. The summed E-state index contributed by atoms with van der Waals surface area (Å²) in [5.74, 6) is 0.510. The molecule has 0 spiro atoms. The first-order valence-corrected chi connectivity index (χ1v) is 6.59. The van der Waals surface area contributed by atoms with Gasteiger partial charge in [0.15, 0.2) is 5.82 Å². The van der Waals surface area contributed by atoms with Crippen LogP contribution in [0.25, 0.3) is 11.4 Å². The zero-order valence-corrected chi connectivity index (χ0v) is 11.9. The number of hydrogen-bond acceptors (Lipinski definition) is 3. The third-order valence-electron chi connectivity index (χ3n) is 3.23. The molecule has 1 heterocycles. The minimum Gasteiger partial charge on any atom is -0.339 e. The van der Waals surface area contributed by atoms with Crippen molar-refractivity contribution in [1.82, 2.24) is 19.7 Å². The second-order valence-electron chi connectivity index (χ2n) is 4.46. The SMILES string of the molecule is CCN(CC)C(=O)c1ccc(-c2nn(C)c(=O)[nH]2)cc1. The van der Waals surface area contributed by atoms with E-state index in [2.05, 4.69) is 10.1 Å². The third kappa shape index (κ3) is 2.64. The number of nitrogens with zero attached hydrogens (tertiary/aromatic N) is 3. The van der Waals surface area contributed by atoms with Crippen molar-refractivity contribution in [3.05, 3.63) is 40.3 Å². The molecule has 0 fully saturated rings. The molecule has 6 nitrogen and oxygen atoms in total. The Hall–Kier alpha value is -2.37. The zero-order chi connectivity index (χ0) is 14.7. The number of aromatic nitrogens is 3. The Morgan fingerprint density at radius 2 is 1.85 bits per heavy atom. The van der Waals surface area contributed by atoms with Gasteiger partial charge in [0.25, 0.3) is 5.91 Å². The maximum atomic E-state index is 12.2. The summed E-state index contributed by atoms with van der Waals surface area (Å²) in [6.07, 6.45) is 0. The molecule has 6 heteroatoms. The number of carbonyl (C=O) groups is 1. The Morgan fingerprint density at radius 3 is 2.30 bits per heavy atom. The van der Waals surface area contributed by atoms with Crippen LogP contribution in [-0.2, 0) is 7.05 Å². The van der Waals surface area contributed by atoms with E-state index in [-0.39, 0.29) is 11.6 Å². The normalized spacial score (nSPS) is 10.6. The minimum absolute atomic E-state index is 0.0102. The lowest BCUT2D eigenvalue weighted by Gasteiger charge is -2.18. The Balaban J connectivity index is 2.26. The minimum atomic E-state index is -0.261. The van der Waals surface area contributed by atoms with Crippen LogP contribution in [0.15, 0.2) is 29.1 Å². The first-order chi connectivity index (χ1) is 9.56. The van der Waals surface area contributed by atoms with E-state index in [9.17, 15) is 9.59 Å². The van der Waals surface area contributed by atoms with Crippen LogP contribution >= 0.6 is 0 Å². The van der Waals surface area contributed by atoms with Crippen LogP contribution in [0.4, 0.5) is 0 Å². The highest BCUT2D eigenvalue weighted by Crippen LogP contribution is 2.15. The van der Waals surface area contributed by atoms with E-state index in [1.165, 1.54) is 4.68 Å². The number of amides is 1. The lowest BCUT2D eigenvalue weighted by atomic mass is 10.1. The Morgan fingerprint density at radius 1 is 1.25 bits per heavy atom. The number of aromatic amines is 1. The zero-order valence-electron chi connectivity index (χ0n) is 11.9. The number of aryl methyl sites for hydroxylation is 1. The molecule has 1 aromatic heterocycles. The molecule has 0 unspecified atom stereocenters. The quantitative estimate of drug-likeness (QED) is 0.912.